The van der Waals surface area contributed by atoms with Crippen molar-refractivity contribution in [2.45, 2.75) is 25.2 Å². The molecule has 0 saturated carbocycles. The molecular weight excluding hydrogens is 420 g/mol. The summed E-state index contributed by atoms with van der Waals surface area (Å²) < 4.78 is 34.9. The number of carbonyl (C=O) groups is 1. The van der Waals surface area contributed by atoms with E-state index in [0.29, 0.717) is 34.7 Å². The van der Waals surface area contributed by atoms with Crippen LogP contribution in [-0.4, -0.2) is 69.6 Å². The van der Waals surface area contributed by atoms with E-state index in [4.69, 9.17) is 4.52 Å². The van der Waals surface area contributed by atoms with Crippen LogP contribution in [0.5, 0.6) is 0 Å². The van der Waals surface area contributed by atoms with Crippen LogP contribution in [0.4, 0.5) is 0 Å². The van der Waals surface area contributed by atoms with Gasteiger partial charge in [-0.1, -0.05) is 12.1 Å². The number of aryl methyl sites for hydroxylation is 3. The Bertz CT molecular complexity index is 1190. The SMILES string of the molecule is CCc1onc(C)c1C(=O)N1CCN(S(=O)(=O)c2cn(C)nc2-c2cccnc2)CC1. The highest BCUT2D eigenvalue weighted by molar-refractivity contribution is 7.89. The summed E-state index contributed by atoms with van der Waals surface area (Å²) >= 11 is 0. The smallest absolute Gasteiger partial charge is 0.259 e. The molecule has 4 heterocycles. The zero-order valence-electron chi connectivity index (χ0n) is 17.6. The summed E-state index contributed by atoms with van der Waals surface area (Å²) in [5.41, 5.74) is 2.02. The van der Waals surface area contributed by atoms with Crippen molar-refractivity contribution in [1.29, 1.82) is 0 Å². The van der Waals surface area contributed by atoms with Gasteiger partial charge in [-0.25, -0.2) is 8.42 Å². The molecule has 1 saturated heterocycles. The molecule has 1 aliphatic rings. The summed E-state index contributed by atoms with van der Waals surface area (Å²) in [6, 6.07) is 3.51. The van der Waals surface area contributed by atoms with Gasteiger partial charge in [0.2, 0.25) is 10.0 Å². The van der Waals surface area contributed by atoms with Crippen molar-refractivity contribution < 1.29 is 17.7 Å². The maximum atomic E-state index is 13.4. The average Bonchev–Trinajstić information content (AvgIpc) is 3.36. The average molecular weight is 445 g/mol. The zero-order chi connectivity index (χ0) is 22.2. The summed E-state index contributed by atoms with van der Waals surface area (Å²) in [4.78, 5) is 18.8. The van der Waals surface area contributed by atoms with Crippen molar-refractivity contribution in [3.05, 3.63) is 47.7 Å². The molecule has 0 unspecified atom stereocenters. The summed E-state index contributed by atoms with van der Waals surface area (Å²) in [6.45, 7) is 4.60. The molecule has 31 heavy (non-hydrogen) atoms. The molecule has 3 aromatic heterocycles. The summed E-state index contributed by atoms with van der Waals surface area (Å²) in [6.07, 6.45) is 5.28. The number of aromatic nitrogens is 4. The van der Waals surface area contributed by atoms with Gasteiger partial charge in [0.05, 0.1) is 5.69 Å². The van der Waals surface area contributed by atoms with Crippen LogP contribution in [0.15, 0.2) is 40.1 Å². The fourth-order valence-corrected chi connectivity index (χ4v) is 5.33. The molecule has 1 aliphatic heterocycles. The van der Waals surface area contributed by atoms with Crippen molar-refractivity contribution >= 4 is 15.9 Å². The molecule has 0 spiro atoms. The normalized spacial score (nSPS) is 15.4. The molecular formula is C20H24N6O4S. The third kappa shape index (κ3) is 3.86. The minimum Gasteiger partial charge on any atom is -0.360 e. The van der Waals surface area contributed by atoms with Crippen LogP contribution in [0, 0.1) is 6.92 Å². The number of nitrogens with zero attached hydrogens (tertiary/aromatic N) is 6. The standard InChI is InChI=1S/C20H24N6O4S/c1-4-16-18(14(2)23-30-16)20(27)25-8-10-26(11-9-25)31(28,29)17-13-24(3)22-19(17)15-6-5-7-21-12-15/h5-7,12-13H,4,8-11H2,1-3H3. The van der Waals surface area contributed by atoms with Crippen molar-refractivity contribution in [3.63, 3.8) is 0 Å². The molecule has 11 heteroatoms. The molecule has 0 N–H and O–H groups in total. The van der Waals surface area contributed by atoms with Crippen LogP contribution in [0.3, 0.4) is 0 Å². The Hall–Kier alpha value is -3.05. The quantitative estimate of drug-likeness (QED) is 0.586. The highest BCUT2D eigenvalue weighted by atomic mass is 32.2. The lowest BCUT2D eigenvalue weighted by Crippen LogP contribution is -2.50. The topological polar surface area (TPSA) is 114 Å². The van der Waals surface area contributed by atoms with Crippen molar-refractivity contribution in [2.24, 2.45) is 7.05 Å². The van der Waals surface area contributed by atoms with E-state index in [0.717, 1.165) is 0 Å². The van der Waals surface area contributed by atoms with E-state index >= 15 is 0 Å². The van der Waals surface area contributed by atoms with Crippen LogP contribution < -0.4 is 0 Å². The van der Waals surface area contributed by atoms with E-state index in [9.17, 15) is 13.2 Å². The van der Waals surface area contributed by atoms with Gasteiger partial charge in [-0.05, 0) is 19.1 Å². The Morgan fingerprint density at radius 1 is 1.23 bits per heavy atom. The first-order valence-electron chi connectivity index (χ1n) is 10.0. The Balaban J connectivity index is 1.54. The van der Waals surface area contributed by atoms with Crippen LogP contribution in [0.2, 0.25) is 0 Å². The van der Waals surface area contributed by atoms with E-state index in [2.05, 4.69) is 15.2 Å². The molecule has 3 aromatic rings. The van der Waals surface area contributed by atoms with Crippen molar-refractivity contribution in [3.8, 4) is 11.3 Å². The van der Waals surface area contributed by atoms with E-state index in [1.54, 1.807) is 43.4 Å². The Labute approximate surface area is 180 Å². The molecule has 10 nitrogen and oxygen atoms in total. The van der Waals surface area contributed by atoms with Crippen molar-refractivity contribution in [1.82, 2.24) is 29.1 Å². The second kappa shape index (κ2) is 8.23. The predicted molar refractivity (Wildman–Crippen MR) is 112 cm³/mol. The van der Waals surface area contributed by atoms with E-state index in [-0.39, 0.29) is 37.0 Å². The Morgan fingerprint density at radius 3 is 2.61 bits per heavy atom. The van der Waals surface area contributed by atoms with Gasteiger partial charge < -0.3 is 9.42 Å². The first-order valence-corrected chi connectivity index (χ1v) is 11.5. The Kier molecular flexibility index (Phi) is 5.63. The molecule has 0 aliphatic carbocycles. The van der Waals surface area contributed by atoms with Gasteiger partial charge >= 0.3 is 0 Å². The zero-order valence-corrected chi connectivity index (χ0v) is 18.5. The Morgan fingerprint density at radius 2 is 1.97 bits per heavy atom. The first kappa shape index (κ1) is 21.2. The van der Waals surface area contributed by atoms with Crippen LogP contribution in [0.1, 0.15) is 28.7 Å². The van der Waals surface area contributed by atoms with Crippen LogP contribution in [-0.2, 0) is 23.5 Å². The first-order chi connectivity index (χ1) is 14.8. The molecule has 4 rings (SSSR count). The van der Waals surface area contributed by atoms with Gasteiger partial charge in [0, 0.05) is 63.8 Å². The third-order valence-electron chi connectivity index (χ3n) is 5.34. The maximum Gasteiger partial charge on any atom is 0.259 e. The van der Waals surface area contributed by atoms with E-state index < -0.39 is 10.0 Å². The lowest BCUT2D eigenvalue weighted by Gasteiger charge is -2.33. The second-order valence-corrected chi connectivity index (χ2v) is 9.28. The van der Waals surface area contributed by atoms with Crippen LogP contribution in [0.25, 0.3) is 11.3 Å². The van der Waals surface area contributed by atoms with Gasteiger partial charge in [-0.3, -0.25) is 14.5 Å². The third-order valence-corrected chi connectivity index (χ3v) is 7.24. The number of sulfonamides is 1. The monoisotopic (exact) mass is 444 g/mol. The van der Waals surface area contributed by atoms with Gasteiger partial charge in [-0.15, -0.1) is 0 Å². The highest BCUT2D eigenvalue weighted by Crippen LogP contribution is 2.28. The minimum atomic E-state index is -3.79. The predicted octanol–water partition coefficient (Wildman–Crippen LogP) is 1.49. The molecule has 0 atom stereocenters. The number of carbonyl (C=O) groups excluding carboxylic acids is 1. The molecule has 0 radical (unpaired) electrons. The van der Waals surface area contributed by atoms with Gasteiger partial charge in [-0.2, -0.15) is 9.40 Å². The number of hydrogen-bond acceptors (Lipinski definition) is 7. The summed E-state index contributed by atoms with van der Waals surface area (Å²) in [5.74, 6) is 0.374. The maximum absolute atomic E-state index is 13.4. The van der Waals surface area contributed by atoms with E-state index in [1.807, 2.05) is 6.92 Å². The van der Waals surface area contributed by atoms with E-state index in [1.165, 1.54) is 15.2 Å². The fourth-order valence-electron chi connectivity index (χ4n) is 3.72. The number of rotatable bonds is 5. The fraction of sp³-hybridized carbons (Fsp3) is 0.400. The van der Waals surface area contributed by atoms with Gasteiger partial charge in [0.15, 0.2) is 0 Å². The number of hydrogen-bond donors (Lipinski definition) is 0. The van der Waals surface area contributed by atoms with Crippen molar-refractivity contribution in [2.75, 3.05) is 26.2 Å². The molecule has 1 fully saturated rings. The van der Waals surface area contributed by atoms with Gasteiger partial charge in [0.1, 0.15) is 21.9 Å². The number of pyridine rings is 1. The second-order valence-electron chi connectivity index (χ2n) is 7.37. The lowest BCUT2D eigenvalue weighted by atomic mass is 10.1. The lowest BCUT2D eigenvalue weighted by molar-refractivity contribution is 0.0695. The largest absolute Gasteiger partial charge is 0.360 e. The van der Waals surface area contributed by atoms with Crippen LogP contribution >= 0.6 is 0 Å². The molecule has 164 valence electrons. The highest BCUT2D eigenvalue weighted by Gasteiger charge is 2.35. The van der Waals surface area contributed by atoms with Gasteiger partial charge in [0.25, 0.3) is 5.91 Å². The summed E-state index contributed by atoms with van der Waals surface area (Å²) in [5, 5.41) is 8.23. The number of amides is 1. The number of piperazine rings is 1. The minimum absolute atomic E-state index is 0.130. The molecule has 0 aromatic carbocycles. The molecule has 0 bridgehead atoms. The molecule has 1 amide bonds. The summed E-state index contributed by atoms with van der Waals surface area (Å²) in [7, 11) is -2.11.